The van der Waals surface area contributed by atoms with Gasteiger partial charge in [0.25, 0.3) is 0 Å². The number of carbonyl (C=O) groups is 1. The molecule has 0 unspecified atom stereocenters. The van der Waals surface area contributed by atoms with Gasteiger partial charge in [-0.3, -0.25) is 4.79 Å². The predicted molar refractivity (Wildman–Crippen MR) is 80.0 cm³/mol. The summed E-state index contributed by atoms with van der Waals surface area (Å²) in [5, 5.41) is 12.3. The zero-order valence-corrected chi connectivity index (χ0v) is 11.9. The lowest BCUT2D eigenvalue weighted by Crippen LogP contribution is -2.15. The molecule has 0 aliphatic carbocycles. The fourth-order valence-electron chi connectivity index (χ4n) is 1.97. The van der Waals surface area contributed by atoms with Crippen LogP contribution in [0.1, 0.15) is 5.56 Å². The summed E-state index contributed by atoms with van der Waals surface area (Å²) in [4.78, 5) is 12.1. The lowest BCUT2D eigenvalue weighted by Gasteiger charge is -2.11. The Morgan fingerprint density at radius 2 is 1.90 bits per heavy atom. The molecule has 2 N–H and O–H groups in total. The van der Waals surface area contributed by atoms with Crippen molar-refractivity contribution in [2.45, 2.75) is 6.42 Å². The van der Waals surface area contributed by atoms with E-state index in [2.05, 4.69) is 5.32 Å². The monoisotopic (exact) mass is 287 g/mol. The van der Waals surface area contributed by atoms with Crippen LogP contribution in [0.25, 0.3) is 0 Å². The van der Waals surface area contributed by atoms with Gasteiger partial charge in [-0.15, -0.1) is 0 Å². The largest absolute Gasteiger partial charge is 0.506 e. The highest BCUT2D eigenvalue weighted by atomic mass is 16.5. The molecular formula is C16H17NO4. The number of anilines is 1. The minimum absolute atomic E-state index is 0.0310. The quantitative estimate of drug-likeness (QED) is 0.829. The van der Waals surface area contributed by atoms with Crippen LogP contribution >= 0.6 is 0 Å². The average Bonchev–Trinajstić information content (AvgIpc) is 2.49. The first-order valence-corrected chi connectivity index (χ1v) is 6.42. The first-order valence-electron chi connectivity index (χ1n) is 6.42. The fourth-order valence-corrected chi connectivity index (χ4v) is 1.97. The standard InChI is InChI=1S/C16H17NO4/c1-20-12-7-8-15(21-2)11(9-12)10-16(19)17-13-5-3-4-6-14(13)18/h3-9,18H,10H2,1-2H3,(H,17,19). The molecule has 0 heterocycles. The third kappa shape index (κ3) is 3.66. The fraction of sp³-hybridized carbons (Fsp3) is 0.188. The molecule has 2 rings (SSSR count). The number of benzene rings is 2. The molecule has 5 heteroatoms. The van der Waals surface area contributed by atoms with Crippen LogP contribution in [-0.4, -0.2) is 25.2 Å². The second kappa shape index (κ2) is 6.65. The van der Waals surface area contributed by atoms with Crippen molar-refractivity contribution in [2.75, 3.05) is 19.5 Å². The number of hydrogen-bond donors (Lipinski definition) is 2. The normalized spacial score (nSPS) is 10.0. The lowest BCUT2D eigenvalue weighted by atomic mass is 10.1. The highest BCUT2D eigenvalue weighted by Crippen LogP contribution is 2.26. The number of amides is 1. The maximum atomic E-state index is 12.1. The number of methoxy groups -OCH3 is 2. The summed E-state index contributed by atoms with van der Waals surface area (Å²) < 4.78 is 10.4. The Hall–Kier alpha value is -2.69. The van der Waals surface area contributed by atoms with Gasteiger partial charge in [0.1, 0.15) is 17.2 Å². The minimum atomic E-state index is -0.247. The van der Waals surface area contributed by atoms with Crippen LogP contribution in [0, 0.1) is 0 Å². The number of phenolic OH excluding ortho intramolecular Hbond substituents is 1. The number of aromatic hydroxyl groups is 1. The predicted octanol–water partition coefficient (Wildman–Crippen LogP) is 2.59. The number of ether oxygens (including phenoxy) is 2. The molecule has 0 saturated heterocycles. The van der Waals surface area contributed by atoms with E-state index in [1.807, 2.05) is 0 Å². The molecule has 0 aliphatic rings. The average molecular weight is 287 g/mol. The van der Waals surface area contributed by atoms with Crippen molar-refractivity contribution in [1.29, 1.82) is 0 Å². The highest BCUT2D eigenvalue weighted by Gasteiger charge is 2.11. The van der Waals surface area contributed by atoms with E-state index < -0.39 is 0 Å². The lowest BCUT2D eigenvalue weighted by molar-refractivity contribution is -0.115. The SMILES string of the molecule is COc1ccc(OC)c(CC(=O)Nc2ccccc2O)c1. The minimum Gasteiger partial charge on any atom is -0.506 e. The van der Waals surface area contributed by atoms with Crippen LogP contribution in [0.2, 0.25) is 0 Å². The van der Waals surface area contributed by atoms with Crippen LogP contribution in [0.4, 0.5) is 5.69 Å². The van der Waals surface area contributed by atoms with E-state index in [9.17, 15) is 9.90 Å². The molecule has 1 amide bonds. The zero-order chi connectivity index (χ0) is 15.2. The van der Waals surface area contributed by atoms with Crippen LogP contribution < -0.4 is 14.8 Å². The van der Waals surface area contributed by atoms with Crippen LogP contribution in [-0.2, 0) is 11.2 Å². The third-order valence-electron chi connectivity index (χ3n) is 3.02. The van der Waals surface area contributed by atoms with Gasteiger partial charge >= 0.3 is 0 Å². The van der Waals surface area contributed by atoms with Crippen molar-refractivity contribution in [3.63, 3.8) is 0 Å². The second-order valence-corrected chi connectivity index (χ2v) is 4.42. The Labute approximate surface area is 123 Å². The molecule has 0 spiro atoms. The number of phenols is 1. The Bertz CT molecular complexity index is 640. The van der Waals surface area contributed by atoms with Gasteiger partial charge < -0.3 is 19.9 Å². The smallest absolute Gasteiger partial charge is 0.229 e. The number of rotatable bonds is 5. The molecule has 0 atom stereocenters. The molecular weight excluding hydrogens is 270 g/mol. The molecule has 5 nitrogen and oxygen atoms in total. The maximum absolute atomic E-state index is 12.1. The van der Waals surface area contributed by atoms with Crippen LogP contribution in [0.3, 0.4) is 0 Å². The molecule has 0 aromatic heterocycles. The molecule has 0 aliphatic heterocycles. The van der Waals surface area contributed by atoms with E-state index in [1.54, 1.807) is 50.6 Å². The molecule has 0 saturated carbocycles. The maximum Gasteiger partial charge on any atom is 0.229 e. The highest BCUT2D eigenvalue weighted by molar-refractivity contribution is 5.94. The van der Waals surface area contributed by atoms with E-state index in [0.717, 1.165) is 0 Å². The number of nitrogens with one attached hydrogen (secondary N) is 1. The van der Waals surface area contributed by atoms with Gasteiger partial charge in [0.15, 0.2) is 0 Å². The summed E-state index contributed by atoms with van der Waals surface area (Å²) in [6.45, 7) is 0. The summed E-state index contributed by atoms with van der Waals surface area (Å²) in [5.41, 5.74) is 1.09. The van der Waals surface area contributed by atoms with Crippen LogP contribution in [0.15, 0.2) is 42.5 Å². The second-order valence-electron chi connectivity index (χ2n) is 4.42. The van der Waals surface area contributed by atoms with E-state index in [1.165, 1.54) is 6.07 Å². The van der Waals surface area contributed by atoms with E-state index in [4.69, 9.17) is 9.47 Å². The Morgan fingerprint density at radius 3 is 2.57 bits per heavy atom. The molecule has 0 fully saturated rings. The molecule has 0 bridgehead atoms. The van der Waals surface area contributed by atoms with Crippen molar-refractivity contribution in [2.24, 2.45) is 0 Å². The Morgan fingerprint density at radius 1 is 1.14 bits per heavy atom. The number of hydrogen-bond acceptors (Lipinski definition) is 4. The van der Waals surface area contributed by atoms with E-state index >= 15 is 0 Å². The summed E-state index contributed by atoms with van der Waals surface area (Å²) >= 11 is 0. The summed E-state index contributed by atoms with van der Waals surface area (Å²) in [6.07, 6.45) is 0.120. The summed E-state index contributed by atoms with van der Waals surface area (Å²) in [5.74, 6) is 1.05. The third-order valence-corrected chi connectivity index (χ3v) is 3.02. The van der Waals surface area contributed by atoms with Gasteiger partial charge in [0, 0.05) is 5.56 Å². The van der Waals surface area contributed by atoms with Crippen molar-refractivity contribution in [1.82, 2.24) is 0 Å². The van der Waals surface area contributed by atoms with Crippen molar-refractivity contribution < 1.29 is 19.4 Å². The topological polar surface area (TPSA) is 67.8 Å². The summed E-state index contributed by atoms with van der Waals surface area (Å²) in [6, 6.07) is 11.9. The van der Waals surface area contributed by atoms with Crippen molar-refractivity contribution in [3.05, 3.63) is 48.0 Å². The number of carbonyl (C=O) groups excluding carboxylic acids is 1. The van der Waals surface area contributed by atoms with Crippen molar-refractivity contribution >= 4 is 11.6 Å². The molecule has 110 valence electrons. The van der Waals surface area contributed by atoms with Gasteiger partial charge in [-0.1, -0.05) is 12.1 Å². The van der Waals surface area contributed by atoms with Gasteiger partial charge in [0.2, 0.25) is 5.91 Å². The van der Waals surface area contributed by atoms with Gasteiger partial charge in [-0.2, -0.15) is 0 Å². The first-order chi connectivity index (χ1) is 10.1. The van der Waals surface area contributed by atoms with Crippen LogP contribution in [0.5, 0.6) is 17.2 Å². The van der Waals surface area contributed by atoms with Gasteiger partial charge in [-0.25, -0.2) is 0 Å². The summed E-state index contributed by atoms with van der Waals surface area (Å²) in [7, 11) is 3.11. The van der Waals surface area contributed by atoms with Gasteiger partial charge in [-0.05, 0) is 30.3 Å². The number of para-hydroxylation sites is 2. The van der Waals surface area contributed by atoms with E-state index in [0.29, 0.717) is 22.7 Å². The van der Waals surface area contributed by atoms with E-state index in [-0.39, 0.29) is 18.1 Å². The molecule has 2 aromatic rings. The molecule has 21 heavy (non-hydrogen) atoms. The Balaban J connectivity index is 2.14. The zero-order valence-electron chi connectivity index (χ0n) is 11.9. The van der Waals surface area contributed by atoms with Crippen molar-refractivity contribution in [3.8, 4) is 17.2 Å². The molecule has 2 aromatic carbocycles. The molecule has 0 radical (unpaired) electrons. The Kier molecular flexibility index (Phi) is 4.66. The first kappa shape index (κ1) is 14.7. The van der Waals surface area contributed by atoms with Gasteiger partial charge in [0.05, 0.1) is 26.3 Å².